The molecule has 0 fully saturated rings. The summed E-state index contributed by atoms with van der Waals surface area (Å²) >= 11 is 0. The number of carbonyl (C=O) groups is 1. The van der Waals surface area contributed by atoms with Crippen molar-refractivity contribution < 1.29 is 23.7 Å². The van der Waals surface area contributed by atoms with Gasteiger partial charge in [-0.15, -0.1) is 0 Å². The van der Waals surface area contributed by atoms with Gasteiger partial charge in [0.15, 0.2) is 6.61 Å². The maximum absolute atomic E-state index is 12.3. The lowest BCUT2D eigenvalue weighted by atomic mass is 10.2. The molecule has 0 aliphatic rings. The molecule has 166 valence electrons. The normalized spacial score (nSPS) is 10.5. The van der Waals surface area contributed by atoms with Crippen LogP contribution in [-0.4, -0.2) is 34.7 Å². The Morgan fingerprint density at radius 2 is 1.79 bits per heavy atom. The Morgan fingerprint density at radius 1 is 1.06 bits per heavy atom. The van der Waals surface area contributed by atoms with E-state index in [1.54, 1.807) is 43.5 Å². The molecule has 0 bridgehead atoms. The predicted octanol–water partition coefficient (Wildman–Crippen LogP) is 4.34. The second-order valence-electron chi connectivity index (χ2n) is 6.79. The van der Waals surface area contributed by atoms with Crippen molar-refractivity contribution in [2.75, 3.05) is 19.0 Å². The molecule has 1 aromatic heterocycles. The van der Waals surface area contributed by atoms with E-state index in [1.807, 2.05) is 12.1 Å². The third-order valence-corrected chi connectivity index (χ3v) is 4.61. The lowest BCUT2D eigenvalue weighted by Crippen LogP contribution is -2.20. The molecule has 1 N–H and O–H groups in total. The van der Waals surface area contributed by atoms with E-state index in [4.69, 9.17) is 14.0 Å². The highest BCUT2D eigenvalue weighted by Crippen LogP contribution is 2.30. The van der Waals surface area contributed by atoms with Crippen molar-refractivity contribution in [3.05, 3.63) is 82.9 Å². The van der Waals surface area contributed by atoms with Crippen molar-refractivity contribution in [3.8, 4) is 34.3 Å². The molecule has 1 heterocycles. The number of nitrogens with one attached hydrogen (secondary N) is 1. The van der Waals surface area contributed by atoms with Crippen LogP contribution in [0.4, 0.5) is 11.4 Å². The quantitative estimate of drug-likeness (QED) is 0.313. The van der Waals surface area contributed by atoms with Gasteiger partial charge in [-0.3, -0.25) is 14.9 Å². The molecule has 0 saturated carbocycles. The number of amides is 1. The zero-order valence-electron chi connectivity index (χ0n) is 17.4. The fraction of sp³-hybridized carbons (Fsp3) is 0.0870. The Bertz CT molecular complexity index is 1270. The van der Waals surface area contributed by atoms with Crippen molar-refractivity contribution in [2.24, 2.45) is 0 Å². The van der Waals surface area contributed by atoms with E-state index in [0.29, 0.717) is 28.6 Å². The van der Waals surface area contributed by atoms with Crippen LogP contribution in [-0.2, 0) is 4.79 Å². The maximum Gasteiger partial charge on any atom is 0.269 e. The van der Waals surface area contributed by atoms with E-state index in [9.17, 15) is 14.9 Å². The van der Waals surface area contributed by atoms with Crippen molar-refractivity contribution >= 4 is 17.3 Å². The number of nitro groups is 1. The molecule has 0 saturated heterocycles. The van der Waals surface area contributed by atoms with Crippen LogP contribution in [0.5, 0.6) is 11.5 Å². The molecule has 0 aliphatic heterocycles. The second-order valence-corrected chi connectivity index (χ2v) is 6.79. The Balaban J connectivity index is 1.44. The Hall–Kier alpha value is -4.73. The molecule has 10 nitrogen and oxygen atoms in total. The minimum atomic E-state index is -0.511. The van der Waals surface area contributed by atoms with Crippen LogP contribution < -0.4 is 14.8 Å². The maximum atomic E-state index is 12.3. The first-order chi connectivity index (χ1) is 16.0. The summed E-state index contributed by atoms with van der Waals surface area (Å²) < 4.78 is 16.2. The van der Waals surface area contributed by atoms with Gasteiger partial charge in [-0.25, -0.2) is 0 Å². The fourth-order valence-electron chi connectivity index (χ4n) is 2.97. The van der Waals surface area contributed by atoms with Gasteiger partial charge in [0.05, 0.1) is 17.6 Å². The number of rotatable bonds is 8. The summed E-state index contributed by atoms with van der Waals surface area (Å²) in [5, 5.41) is 17.4. The van der Waals surface area contributed by atoms with E-state index in [0.717, 1.165) is 5.56 Å². The van der Waals surface area contributed by atoms with Crippen LogP contribution in [0.1, 0.15) is 0 Å². The molecule has 10 heteroatoms. The smallest absolute Gasteiger partial charge is 0.269 e. The van der Waals surface area contributed by atoms with Crippen molar-refractivity contribution in [3.63, 3.8) is 0 Å². The van der Waals surface area contributed by atoms with Gasteiger partial charge >= 0.3 is 0 Å². The zero-order chi connectivity index (χ0) is 23.2. The van der Waals surface area contributed by atoms with E-state index in [1.165, 1.54) is 24.3 Å². The van der Waals surface area contributed by atoms with Gasteiger partial charge in [-0.2, -0.15) is 4.98 Å². The van der Waals surface area contributed by atoms with Crippen molar-refractivity contribution in [1.29, 1.82) is 0 Å². The molecule has 0 atom stereocenters. The number of nitrogens with zero attached hydrogens (tertiary/aromatic N) is 3. The van der Waals surface area contributed by atoms with Crippen LogP contribution in [0, 0.1) is 10.1 Å². The number of ether oxygens (including phenoxy) is 2. The number of hydrogen-bond donors (Lipinski definition) is 1. The van der Waals surface area contributed by atoms with Crippen molar-refractivity contribution in [1.82, 2.24) is 10.1 Å². The number of nitro benzene ring substituents is 1. The fourth-order valence-corrected chi connectivity index (χ4v) is 2.97. The Kier molecular flexibility index (Phi) is 6.26. The molecule has 3 aromatic carbocycles. The summed E-state index contributed by atoms with van der Waals surface area (Å²) in [6, 6.07) is 19.7. The predicted molar refractivity (Wildman–Crippen MR) is 119 cm³/mol. The van der Waals surface area contributed by atoms with Crippen LogP contribution in [0.3, 0.4) is 0 Å². The lowest BCUT2D eigenvalue weighted by Gasteiger charge is -2.09. The SMILES string of the molecule is COc1ccc(-c2noc(-c3ccccc3OCC(=O)Nc3ccc([N+](=O)[O-])cc3)n2)cc1. The molecule has 4 rings (SSSR count). The third-order valence-electron chi connectivity index (χ3n) is 4.61. The van der Waals surface area contributed by atoms with Crippen LogP contribution in [0.25, 0.3) is 22.8 Å². The first-order valence-corrected chi connectivity index (χ1v) is 9.78. The van der Waals surface area contributed by atoms with E-state index in [-0.39, 0.29) is 18.2 Å². The summed E-state index contributed by atoms with van der Waals surface area (Å²) in [6.45, 7) is -0.284. The van der Waals surface area contributed by atoms with E-state index < -0.39 is 10.8 Å². The number of anilines is 1. The largest absolute Gasteiger partial charge is 0.497 e. The molecule has 4 aromatic rings. The van der Waals surface area contributed by atoms with Crippen LogP contribution >= 0.6 is 0 Å². The summed E-state index contributed by atoms with van der Waals surface area (Å²) in [5.41, 5.74) is 1.65. The number of para-hydroxylation sites is 1. The highest BCUT2D eigenvalue weighted by atomic mass is 16.6. The monoisotopic (exact) mass is 446 g/mol. The number of benzene rings is 3. The zero-order valence-corrected chi connectivity index (χ0v) is 17.4. The second kappa shape index (κ2) is 9.60. The topological polar surface area (TPSA) is 130 Å². The third kappa shape index (κ3) is 5.13. The van der Waals surface area contributed by atoms with Gasteiger partial charge in [0, 0.05) is 23.4 Å². The summed E-state index contributed by atoms with van der Waals surface area (Å²) in [6.07, 6.45) is 0. The average Bonchev–Trinajstić information content (AvgIpc) is 3.33. The van der Waals surface area contributed by atoms with Gasteiger partial charge in [0.1, 0.15) is 11.5 Å². The van der Waals surface area contributed by atoms with Gasteiger partial charge in [-0.1, -0.05) is 17.3 Å². The van der Waals surface area contributed by atoms with Crippen LogP contribution in [0.15, 0.2) is 77.3 Å². The average molecular weight is 446 g/mol. The molecular weight excluding hydrogens is 428 g/mol. The van der Waals surface area contributed by atoms with Crippen molar-refractivity contribution in [2.45, 2.75) is 0 Å². The summed E-state index contributed by atoms with van der Waals surface area (Å²) in [4.78, 5) is 26.9. The number of aromatic nitrogens is 2. The van der Waals surface area contributed by atoms with Gasteiger partial charge in [0.25, 0.3) is 17.5 Å². The molecular formula is C23H18N4O6. The van der Waals surface area contributed by atoms with Gasteiger partial charge < -0.3 is 19.3 Å². The Labute approximate surface area is 187 Å². The number of methoxy groups -OCH3 is 1. The summed E-state index contributed by atoms with van der Waals surface area (Å²) in [5.74, 6) is 1.32. The Morgan fingerprint density at radius 3 is 2.48 bits per heavy atom. The van der Waals surface area contributed by atoms with Crippen LogP contribution in [0.2, 0.25) is 0 Å². The first-order valence-electron chi connectivity index (χ1n) is 9.78. The molecule has 0 unspecified atom stereocenters. The van der Waals surface area contributed by atoms with E-state index in [2.05, 4.69) is 15.5 Å². The highest BCUT2D eigenvalue weighted by Gasteiger charge is 2.16. The number of hydrogen-bond acceptors (Lipinski definition) is 8. The number of carbonyl (C=O) groups excluding carboxylic acids is 1. The lowest BCUT2D eigenvalue weighted by molar-refractivity contribution is -0.384. The molecule has 0 spiro atoms. The molecule has 0 radical (unpaired) electrons. The number of non-ortho nitro benzene ring substituents is 1. The molecule has 33 heavy (non-hydrogen) atoms. The van der Waals surface area contributed by atoms with Gasteiger partial charge in [0.2, 0.25) is 5.82 Å². The van der Waals surface area contributed by atoms with Gasteiger partial charge in [-0.05, 0) is 48.5 Å². The minimum Gasteiger partial charge on any atom is -0.497 e. The standard InChI is InChI=1S/C23H18N4O6/c1-31-18-12-6-15(7-13-18)22-25-23(33-26-22)19-4-2-3-5-20(19)32-14-21(28)24-16-8-10-17(11-9-16)27(29)30/h2-13H,14H2,1H3,(H,24,28). The minimum absolute atomic E-state index is 0.0632. The molecule has 1 amide bonds. The highest BCUT2D eigenvalue weighted by molar-refractivity contribution is 5.92. The molecule has 0 aliphatic carbocycles. The summed E-state index contributed by atoms with van der Waals surface area (Å²) in [7, 11) is 1.59. The first kappa shape index (κ1) is 21.5. The van der Waals surface area contributed by atoms with E-state index >= 15 is 0 Å².